The molecule has 116 valence electrons. The van der Waals surface area contributed by atoms with E-state index in [1.165, 1.54) is 6.33 Å². The molecule has 7 heteroatoms. The molecule has 1 aromatic carbocycles. The lowest BCUT2D eigenvalue weighted by molar-refractivity contribution is -0.116. The van der Waals surface area contributed by atoms with Crippen LogP contribution < -0.4 is 5.32 Å². The van der Waals surface area contributed by atoms with Gasteiger partial charge in [0.2, 0.25) is 5.91 Å². The monoisotopic (exact) mass is 308 g/mol. The molecule has 0 fully saturated rings. The molecule has 0 saturated heterocycles. The van der Waals surface area contributed by atoms with Crippen LogP contribution in [-0.2, 0) is 11.2 Å². The third-order valence-corrected chi connectivity index (χ3v) is 3.44. The van der Waals surface area contributed by atoms with Crippen molar-refractivity contribution >= 4 is 11.6 Å². The van der Waals surface area contributed by atoms with Crippen LogP contribution in [0.2, 0.25) is 0 Å². The molecule has 0 radical (unpaired) electrons. The predicted octanol–water partition coefficient (Wildman–Crippen LogP) is 1.94. The van der Waals surface area contributed by atoms with Crippen LogP contribution >= 0.6 is 0 Å². The summed E-state index contributed by atoms with van der Waals surface area (Å²) in [6.45, 7) is 1.95. The fraction of sp³-hybridized carbons (Fsp3) is 0.188. The van der Waals surface area contributed by atoms with Gasteiger partial charge in [-0.1, -0.05) is 6.07 Å². The third kappa shape index (κ3) is 3.76. The molecule has 7 nitrogen and oxygen atoms in total. The van der Waals surface area contributed by atoms with Gasteiger partial charge in [0, 0.05) is 24.5 Å². The number of aryl methyl sites for hydroxylation is 2. The summed E-state index contributed by atoms with van der Waals surface area (Å²) in [6, 6.07) is 9.45. The first-order chi connectivity index (χ1) is 11.2. The van der Waals surface area contributed by atoms with E-state index < -0.39 is 0 Å². The molecule has 0 atom stereocenters. The van der Waals surface area contributed by atoms with Gasteiger partial charge in [0.05, 0.1) is 5.69 Å². The zero-order valence-corrected chi connectivity index (χ0v) is 12.7. The second-order valence-corrected chi connectivity index (χ2v) is 5.17. The maximum atomic E-state index is 12.0. The number of nitrogens with zero attached hydrogens (tertiary/aromatic N) is 5. The number of carbonyl (C=O) groups excluding carboxylic acids is 1. The number of rotatable bonds is 5. The summed E-state index contributed by atoms with van der Waals surface area (Å²) in [7, 11) is 0. The minimum Gasteiger partial charge on any atom is -0.326 e. The summed E-state index contributed by atoms with van der Waals surface area (Å²) >= 11 is 0. The van der Waals surface area contributed by atoms with Crippen molar-refractivity contribution in [2.45, 2.75) is 19.8 Å². The van der Waals surface area contributed by atoms with Crippen LogP contribution in [-0.4, -0.2) is 31.1 Å². The van der Waals surface area contributed by atoms with E-state index in [4.69, 9.17) is 0 Å². The number of nitrogens with one attached hydrogen (secondary N) is 1. The summed E-state index contributed by atoms with van der Waals surface area (Å²) in [6.07, 6.45) is 6.12. The molecule has 3 rings (SSSR count). The Morgan fingerprint density at radius 3 is 2.91 bits per heavy atom. The van der Waals surface area contributed by atoms with Crippen LogP contribution in [0.1, 0.15) is 17.5 Å². The molecule has 0 bridgehead atoms. The van der Waals surface area contributed by atoms with Gasteiger partial charge in [-0.3, -0.25) is 9.78 Å². The number of pyridine rings is 1. The van der Waals surface area contributed by atoms with Crippen molar-refractivity contribution in [2.75, 3.05) is 5.32 Å². The first kappa shape index (κ1) is 14.8. The fourth-order valence-electron chi connectivity index (χ4n) is 2.29. The first-order valence-corrected chi connectivity index (χ1v) is 7.25. The fourth-order valence-corrected chi connectivity index (χ4v) is 2.29. The largest absolute Gasteiger partial charge is 0.326 e. The molecule has 0 unspecified atom stereocenters. The Labute approximate surface area is 133 Å². The van der Waals surface area contributed by atoms with E-state index in [0.29, 0.717) is 12.8 Å². The van der Waals surface area contributed by atoms with E-state index in [2.05, 4.69) is 25.8 Å². The Kier molecular flexibility index (Phi) is 4.37. The Hall–Kier alpha value is -3.09. The molecule has 0 aliphatic carbocycles. The Morgan fingerprint density at radius 1 is 1.30 bits per heavy atom. The molecule has 23 heavy (non-hydrogen) atoms. The minimum absolute atomic E-state index is 0.0246. The van der Waals surface area contributed by atoms with Crippen LogP contribution in [0, 0.1) is 6.92 Å². The third-order valence-electron chi connectivity index (χ3n) is 3.44. The summed E-state index contributed by atoms with van der Waals surface area (Å²) in [4.78, 5) is 16.1. The van der Waals surface area contributed by atoms with Crippen molar-refractivity contribution in [3.8, 4) is 5.69 Å². The van der Waals surface area contributed by atoms with Crippen molar-refractivity contribution in [1.82, 2.24) is 25.2 Å². The molecule has 2 aromatic heterocycles. The maximum Gasteiger partial charge on any atom is 0.224 e. The highest BCUT2D eigenvalue weighted by Gasteiger charge is 2.07. The smallest absolute Gasteiger partial charge is 0.224 e. The van der Waals surface area contributed by atoms with Crippen LogP contribution in [0.5, 0.6) is 0 Å². The second-order valence-electron chi connectivity index (χ2n) is 5.17. The Bertz CT molecular complexity index is 786. The molecular formula is C16H16N6O. The SMILES string of the molecule is Cc1cc(NC(=O)CCc2cccnc2)ccc1-n1cnnn1. The standard InChI is InChI=1S/C16H16N6O/c1-12-9-14(5-6-15(12)22-11-18-20-21-22)19-16(23)7-4-13-3-2-8-17-10-13/h2-3,5-6,8-11H,4,7H2,1H3,(H,19,23). The number of carbonyl (C=O) groups is 1. The second kappa shape index (κ2) is 6.78. The van der Waals surface area contributed by atoms with Gasteiger partial charge in [-0.15, -0.1) is 5.10 Å². The van der Waals surface area contributed by atoms with E-state index in [9.17, 15) is 4.79 Å². The normalized spacial score (nSPS) is 10.5. The number of hydrogen-bond acceptors (Lipinski definition) is 5. The molecule has 1 N–H and O–H groups in total. The topological polar surface area (TPSA) is 85.6 Å². The number of amides is 1. The average molecular weight is 308 g/mol. The summed E-state index contributed by atoms with van der Waals surface area (Å²) < 4.78 is 1.59. The van der Waals surface area contributed by atoms with Crippen LogP contribution in [0.4, 0.5) is 5.69 Å². The Morgan fingerprint density at radius 2 is 2.22 bits per heavy atom. The molecule has 3 aromatic rings. The van der Waals surface area contributed by atoms with Crippen molar-refractivity contribution in [2.24, 2.45) is 0 Å². The van der Waals surface area contributed by atoms with Gasteiger partial charge < -0.3 is 5.32 Å². The Balaban J connectivity index is 1.62. The highest BCUT2D eigenvalue weighted by Crippen LogP contribution is 2.18. The van der Waals surface area contributed by atoms with Crippen LogP contribution in [0.15, 0.2) is 49.1 Å². The molecule has 1 amide bonds. The first-order valence-electron chi connectivity index (χ1n) is 7.25. The van der Waals surface area contributed by atoms with Gasteiger partial charge in [-0.2, -0.15) is 0 Å². The van der Waals surface area contributed by atoms with Gasteiger partial charge in [0.1, 0.15) is 6.33 Å². The quantitative estimate of drug-likeness (QED) is 0.778. The lowest BCUT2D eigenvalue weighted by Gasteiger charge is -2.09. The van der Waals surface area contributed by atoms with Crippen LogP contribution in [0.25, 0.3) is 5.69 Å². The number of anilines is 1. The molecule has 0 saturated carbocycles. The van der Waals surface area contributed by atoms with E-state index >= 15 is 0 Å². The summed E-state index contributed by atoms with van der Waals surface area (Å²) in [5.74, 6) is -0.0246. The summed E-state index contributed by atoms with van der Waals surface area (Å²) in [5.41, 5.74) is 3.66. The lowest BCUT2D eigenvalue weighted by atomic mass is 10.1. The molecule has 0 spiro atoms. The molecule has 0 aliphatic rings. The highest BCUT2D eigenvalue weighted by atomic mass is 16.1. The van der Waals surface area contributed by atoms with E-state index in [-0.39, 0.29) is 5.91 Å². The number of benzene rings is 1. The van der Waals surface area contributed by atoms with Gasteiger partial charge in [-0.25, -0.2) is 4.68 Å². The highest BCUT2D eigenvalue weighted by molar-refractivity contribution is 5.91. The summed E-state index contributed by atoms with van der Waals surface area (Å²) in [5, 5.41) is 14.0. The maximum absolute atomic E-state index is 12.0. The molecule has 2 heterocycles. The zero-order chi connectivity index (χ0) is 16.1. The average Bonchev–Trinajstić information content (AvgIpc) is 3.08. The van der Waals surface area contributed by atoms with E-state index in [0.717, 1.165) is 22.5 Å². The van der Waals surface area contributed by atoms with E-state index in [1.807, 2.05) is 37.3 Å². The molecule has 0 aliphatic heterocycles. The van der Waals surface area contributed by atoms with Gasteiger partial charge >= 0.3 is 0 Å². The number of hydrogen-bond donors (Lipinski definition) is 1. The van der Waals surface area contributed by atoms with Gasteiger partial charge in [0.25, 0.3) is 0 Å². The van der Waals surface area contributed by atoms with Gasteiger partial charge in [0.15, 0.2) is 0 Å². The minimum atomic E-state index is -0.0246. The van der Waals surface area contributed by atoms with Crippen molar-refractivity contribution in [1.29, 1.82) is 0 Å². The van der Waals surface area contributed by atoms with Crippen molar-refractivity contribution in [3.05, 3.63) is 60.2 Å². The number of tetrazole rings is 1. The van der Waals surface area contributed by atoms with Crippen molar-refractivity contribution < 1.29 is 4.79 Å². The van der Waals surface area contributed by atoms with Gasteiger partial charge in [-0.05, 0) is 59.2 Å². The molecular weight excluding hydrogens is 292 g/mol. The zero-order valence-electron chi connectivity index (χ0n) is 12.7. The van der Waals surface area contributed by atoms with Crippen molar-refractivity contribution in [3.63, 3.8) is 0 Å². The van der Waals surface area contributed by atoms with Crippen LogP contribution in [0.3, 0.4) is 0 Å². The lowest BCUT2D eigenvalue weighted by Crippen LogP contribution is -2.12. The predicted molar refractivity (Wildman–Crippen MR) is 85.1 cm³/mol. The van der Waals surface area contributed by atoms with E-state index in [1.54, 1.807) is 17.1 Å². The number of aromatic nitrogens is 5.